The molecule has 0 aliphatic rings. The zero-order chi connectivity index (χ0) is 15.7. The topological polar surface area (TPSA) is 41.1 Å². The Labute approximate surface area is 127 Å². The second-order valence-corrected chi connectivity index (χ2v) is 6.28. The molecule has 1 aromatic rings. The van der Waals surface area contributed by atoms with Crippen molar-refractivity contribution in [3.8, 4) is 0 Å². The van der Waals surface area contributed by atoms with E-state index in [1.54, 1.807) is 12.1 Å². The molecule has 0 heterocycles. The van der Waals surface area contributed by atoms with E-state index in [9.17, 15) is 9.18 Å². The van der Waals surface area contributed by atoms with Crippen molar-refractivity contribution in [3.05, 3.63) is 30.1 Å². The Bertz CT molecular complexity index is 446. The van der Waals surface area contributed by atoms with Gasteiger partial charge in [-0.05, 0) is 30.0 Å². The highest BCUT2D eigenvalue weighted by Gasteiger charge is 2.17. The Morgan fingerprint density at radius 2 is 2.05 bits per heavy atom. The smallest absolute Gasteiger partial charge is 0.238 e. The van der Waals surface area contributed by atoms with Crippen molar-refractivity contribution >= 4 is 11.6 Å². The third kappa shape index (κ3) is 7.81. The van der Waals surface area contributed by atoms with Crippen LogP contribution in [0.25, 0.3) is 0 Å². The standard InChI is InChI=1S/C17H27FN2O/c1-4-5-6-10-17(2,3)13-19-12-16(21)20-15-9-7-8-14(18)11-15/h7-9,11,19H,4-6,10,12-13H2,1-3H3,(H,20,21). The van der Waals surface area contributed by atoms with Gasteiger partial charge in [-0.15, -0.1) is 0 Å². The molecule has 0 aromatic heterocycles. The summed E-state index contributed by atoms with van der Waals surface area (Å²) in [7, 11) is 0. The zero-order valence-electron chi connectivity index (χ0n) is 13.3. The van der Waals surface area contributed by atoms with Crippen molar-refractivity contribution < 1.29 is 9.18 Å². The highest BCUT2D eigenvalue weighted by atomic mass is 19.1. The Morgan fingerprint density at radius 1 is 1.29 bits per heavy atom. The van der Waals surface area contributed by atoms with E-state index in [0.717, 1.165) is 13.0 Å². The Balaban J connectivity index is 2.26. The van der Waals surface area contributed by atoms with E-state index in [2.05, 4.69) is 31.4 Å². The molecule has 0 atom stereocenters. The van der Waals surface area contributed by atoms with Gasteiger partial charge in [-0.25, -0.2) is 4.39 Å². The molecule has 1 aromatic carbocycles. The first kappa shape index (κ1) is 17.6. The van der Waals surface area contributed by atoms with Gasteiger partial charge >= 0.3 is 0 Å². The van der Waals surface area contributed by atoms with Crippen LogP contribution in [-0.4, -0.2) is 19.0 Å². The largest absolute Gasteiger partial charge is 0.325 e. The fraction of sp³-hybridized carbons (Fsp3) is 0.588. The van der Waals surface area contributed by atoms with E-state index >= 15 is 0 Å². The van der Waals surface area contributed by atoms with Crippen molar-refractivity contribution in [1.82, 2.24) is 5.32 Å². The fourth-order valence-electron chi connectivity index (χ4n) is 2.23. The number of halogens is 1. The summed E-state index contributed by atoms with van der Waals surface area (Å²) in [4.78, 5) is 11.8. The summed E-state index contributed by atoms with van der Waals surface area (Å²) in [5.41, 5.74) is 0.679. The number of benzene rings is 1. The minimum absolute atomic E-state index is 0.148. The molecule has 3 nitrogen and oxygen atoms in total. The van der Waals surface area contributed by atoms with Gasteiger partial charge in [0.05, 0.1) is 6.54 Å². The van der Waals surface area contributed by atoms with Crippen LogP contribution < -0.4 is 10.6 Å². The maximum atomic E-state index is 13.0. The third-order valence-electron chi connectivity index (χ3n) is 3.45. The molecule has 118 valence electrons. The maximum absolute atomic E-state index is 13.0. The number of hydrogen-bond acceptors (Lipinski definition) is 2. The predicted octanol–water partition coefficient (Wildman–Crippen LogP) is 3.96. The van der Waals surface area contributed by atoms with Crippen LogP contribution in [-0.2, 0) is 4.79 Å². The lowest BCUT2D eigenvalue weighted by atomic mass is 9.87. The van der Waals surface area contributed by atoms with Gasteiger partial charge in [-0.2, -0.15) is 0 Å². The number of unbranched alkanes of at least 4 members (excludes halogenated alkanes) is 2. The number of hydrogen-bond donors (Lipinski definition) is 2. The molecule has 0 aliphatic heterocycles. The van der Waals surface area contributed by atoms with Gasteiger partial charge in [0.25, 0.3) is 0 Å². The van der Waals surface area contributed by atoms with Crippen molar-refractivity contribution in [2.24, 2.45) is 5.41 Å². The Hall–Kier alpha value is -1.42. The van der Waals surface area contributed by atoms with Crippen LogP contribution in [0.3, 0.4) is 0 Å². The quantitative estimate of drug-likeness (QED) is 0.677. The summed E-state index contributed by atoms with van der Waals surface area (Å²) in [6, 6.07) is 5.92. The number of amides is 1. The number of anilines is 1. The summed E-state index contributed by atoms with van der Waals surface area (Å²) >= 11 is 0. The minimum Gasteiger partial charge on any atom is -0.325 e. The van der Waals surface area contributed by atoms with E-state index in [0.29, 0.717) is 5.69 Å². The molecule has 21 heavy (non-hydrogen) atoms. The first-order chi connectivity index (χ1) is 9.93. The van der Waals surface area contributed by atoms with Gasteiger partial charge in [-0.3, -0.25) is 4.79 Å². The second kappa shape index (κ2) is 8.78. The van der Waals surface area contributed by atoms with Crippen molar-refractivity contribution in [2.75, 3.05) is 18.4 Å². The number of nitrogens with one attached hydrogen (secondary N) is 2. The van der Waals surface area contributed by atoms with E-state index in [-0.39, 0.29) is 23.7 Å². The molecule has 0 fully saturated rings. The van der Waals surface area contributed by atoms with E-state index < -0.39 is 0 Å². The summed E-state index contributed by atoms with van der Waals surface area (Å²) in [6.45, 7) is 7.66. The van der Waals surface area contributed by atoms with Crippen molar-refractivity contribution in [3.63, 3.8) is 0 Å². The zero-order valence-corrected chi connectivity index (χ0v) is 13.3. The molecule has 4 heteroatoms. The number of carbonyl (C=O) groups is 1. The Kier molecular flexibility index (Phi) is 7.37. The molecule has 0 radical (unpaired) electrons. The van der Waals surface area contributed by atoms with Gasteiger partial charge in [0.2, 0.25) is 5.91 Å². The third-order valence-corrected chi connectivity index (χ3v) is 3.45. The van der Waals surface area contributed by atoms with Crippen LogP contribution in [0.2, 0.25) is 0 Å². The predicted molar refractivity (Wildman–Crippen MR) is 85.8 cm³/mol. The molecular formula is C17H27FN2O. The molecule has 0 spiro atoms. The summed E-state index contributed by atoms with van der Waals surface area (Å²) in [6.07, 6.45) is 4.85. The summed E-state index contributed by atoms with van der Waals surface area (Å²) in [5, 5.41) is 5.86. The number of carbonyl (C=O) groups excluding carboxylic acids is 1. The molecule has 1 amide bonds. The molecular weight excluding hydrogens is 267 g/mol. The van der Waals surface area contributed by atoms with Crippen LogP contribution in [0.5, 0.6) is 0 Å². The van der Waals surface area contributed by atoms with Crippen molar-refractivity contribution in [2.45, 2.75) is 46.5 Å². The van der Waals surface area contributed by atoms with Gasteiger partial charge in [-0.1, -0.05) is 46.1 Å². The molecule has 0 bridgehead atoms. The molecule has 1 rings (SSSR count). The average molecular weight is 294 g/mol. The van der Waals surface area contributed by atoms with Crippen LogP contribution in [0.4, 0.5) is 10.1 Å². The van der Waals surface area contributed by atoms with Crippen LogP contribution >= 0.6 is 0 Å². The van der Waals surface area contributed by atoms with Crippen LogP contribution in [0, 0.1) is 11.2 Å². The van der Waals surface area contributed by atoms with Gasteiger partial charge in [0, 0.05) is 12.2 Å². The number of rotatable bonds is 9. The van der Waals surface area contributed by atoms with Crippen LogP contribution in [0.1, 0.15) is 46.5 Å². The SMILES string of the molecule is CCCCCC(C)(C)CNCC(=O)Nc1cccc(F)c1. The summed E-state index contributed by atoms with van der Waals surface area (Å²) < 4.78 is 13.0. The summed E-state index contributed by atoms with van der Waals surface area (Å²) in [5.74, 6) is -0.497. The Morgan fingerprint density at radius 3 is 2.71 bits per heavy atom. The highest BCUT2D eigenvalue weighted by Crippen LogP contribution is 2.22. The normalized spacial score (nSPS) is 11.4. The molecule has 2 N–H and O–H groups in total. The molecule has 0 saturated heterocycles. The lowest BCUT2D eigenvalue weighted by Gasteiger charge is -2.25. The van der Waals surface area contributed by atoms with Gasteiger partial charge in [0.1, 0.15) is 5.82 Å². The first-order valence-corrected chi connectivity index (χ1v) is 7.69. The van der Waals surface area contributed by atoms with E-state index in [1.165, 1.54) is 31.4 Å². The van der Waals surface area contributed by atoms with Crippen LogP contribution in [0.15, 0.2) is 24.3 Å². The molecule has 0 aliphatic carbocycles. The average Bonchev–Trinajstić information content (AvgIpc) is 2.38. The maximum Gasteiger partial charge on any atom is 0.238 e. The lowest BCUT2D eigenvalue weighted by molar-refractivity contribution is -0.115. The first-order valence-electron chi connectivity index (χ1n) is 7.69. The monoisotopic (exact) mass is 294 g/mol. The van der Waals surface area contributed by atoms with E-state index in [4.69, 9.17) is 0 Å². The van der Waals surface area contributed by atoms with Gasteiger partial charge < -0.3 is 10.6 Å². The van der Waals surface area contributed by atoms with Gasteiger partial charge in [0.15, 0.2) is 0 Å². The lowest BCUT2D eigenvalue weighted by Crippen LogP contribution is -2.35. The molecule has 0 saturated carbocycles. The second-order valence-electron chi connectivity index (χ2n) is 6.28. The minimum atomic E-state index is -0.349. The van der Waals surface area contributed by atoms with E-state index in [1.807, 2.05) is 0 Å². The molecule has 0 unspecified atom stereocenters. The highest BCUT2D eigenvalue weighted by molar-refractivity contribution is 5.92. The van der Waals surface area contributed by atoms with Crippen molar-refractivity contribution in [1.29, 1.82) is 0 Å². The fourth-order valence-corrected chi connectivity index (χ4v) is 2.23.